The maximum absolute atomic E-state index is 11.5. The number of carboxylic acids is 1. The number of amides is 5. The molecule has 1 fully saturated rings. The van der Waals surface area contributed by atoms with Crippen LogP contribution in [0.4, 0.5) is 4.79 Å². The number of hydrogen-bond acceptors (Lipinski definition) is 5. The van der Waals surface area contributed by atoms with Crippen LogP contribution < -0.4 is 10.6 Å². The van der Waals surface area contributed by atoms with E-state index in [1.54, 1.807) is 0 Å². The number of piperazine rings is 1. The summed E-state index contributed by atoms with van der Waals surface area (Å²) < 4.78 is 0. The number of rotatable bonds is 4. The standard InChI is InChI=1S/C10H13N3O6/c14-6(2-1-3-9(17)18)12-10(19)13-4-7(15)11-8(16)5-13/h1-5H2,(H,17,18)(H,11,15,16)(H,12,14,19). The Morgan fingerprint density at radius 2 is 1.74 bits per heavy atom. The fourth-order valence-electron chi connectivity index (χ4n) is 1.44. The first kappa shape index (κ1) is 14.6. The quantitative estimate of drug-likeness (QED) is 0.529. The second-order valence-corrected chi connectivity index (χ2v) is 3.93. The van der Waals surface area contributed by atoms with Crippen molar-refractivity contribution >= 4 is 29.7 Å². The highest BCUT2D eigenvalue weighted by atomic mass is 16.4. The third-order valence-corrected chi connectivity index (χ3v) is 2.28. The molecule has 5 amide bonds. The van der Waals surface area contributed by atoms with Crippen LogP contribution in [0.2, 0.25) is 0 Å². The summed E-state index contributed by atoms with van der Waals surface area (Å²) in [4.78, 5) is 56.0. The summed E-state index contributed by atoms with van der Waals surface area (Å²) in [6.07, 6.45) is -0.188. The molecule has 0 atom stereocenters. The largest absolute Gasteiger partial charge is 0.481 e. The molecular formula is C10H13N3O6. The molecule has 1 saturated heterocycles. The van der Waals surface area contributed by atoms with E-state index in [-0.39, 0.29) is 32.4 Å². The molecule has 1 rings (SSSR count). The zero-order valence-corrected chi connectivity index (χ0v) is 9.97. The Morgan fingerprint density at radius 1 is 1.16 bits per heavy atom. The summed E-state index contributed by atoms with van der Waals surface area (Å²) in [6, 6.07) is -0.844. The van der Waals surface area contributed by atoms with Crippen LogP contribution in [0.15, 0.2) is 0 Å². The van der Waals surface area contributed by atoms with Crippen LogP contribution in [-0.4, -0.2) is 52.8 Å². The number of carboxylic acid groups (broad SMARTS) is 1. The van der Waals surface area contributed by atoms with Crippen molar-refractivity contribution in [2.45, 2.75) is 19.3 Å². The molecule has 0 bridgehead atoms. The Kier molecular flexibility index (Phi) is 4.98. The van der Waals surface area contributed by atoms with Gasteiger partial charge in [0.2, 0.25) is 17.7 Å². The second kappa shape index (κ2) is 6.47. The van der Waals surface area contributed by atoms with E-state index >= 15 is 0 Å². The lowest BCUT2D eigenvalue weighted by atomic mass is 10.2. The summed E-state index contributed by atoms with van der Waals surface area (Å²) in [6.45, 7) is -0.611. The van der Waals surface area contributed by atoms with Crippen LogP contribution in [-0.2, 0) is 19.2 Å². The minimum atomic E-state index is -1.03. The molecule has 0 aromatic rings. The van der Waals surface area contributed by atoms with E-state index in [0.29, 0.717) is 0 Å². The third-order valence-electron chi connectivity index (χ3n) is 2.28. The topological polar surface area (TPSA) is 133 Å². The normalized spacial score (nSPS) is 14.8. The van der Waals surface area contributed by atoms with E-state index in [0.717, 1.165) is 4.90 Å². The lowest BCUT2D eigenvalue weighted by Gasteiger charge is -2.25. The molecule has 0 aromatic heterocycles. The number of carbonyl (C=O) groups is 5. The van der Waals surface area contributed by atoms with Crippen LogP contribution in [0.5, 0.6) is 0 Å². The van der Waals surface area contributed by atoms with Gasteiger partial charge in [0.25, 0.3) is 0 Å². The minimum Gasteiger partial charge on any atom is -0.481 e. The van der Waals surface area contributed by atoms with Gasteiger partial charge >= 0.3 is 12.0 Å². The summed E-state index contributed by atoms with van der Waals surface area (Å²) in [5.74, 6) is -2.92. The third kappa shape index (κ3) is 5.15. The van der Waals surface area contributed by atoms with Gasteiger partial charge in [-0.1, -0.05) is 0 Å². The maximum Gasteiger partial charge on any atom is 0.324 e. The number of nitrogens with one attached hydrogen (secondary N) is 2. The number of hydrogen-bond donors (Lipinski definition) is 3. The van der Waals surface area contributed by atoms with Gasteiger partial charge in [-0.05, 0) is 6.42 Å². The van der Waals surface area contributed by atoms with Crippen LogP contribution in [0.25, 0.3) is 0 Å². The lowest BCUT2D eigenvalue weighted by Crippen LogP contribution is -2.56. The van der Waals surface area contributed by atoms with Crippen LogP contribution in [0.1, 0.15) is 19.3 Å². The molecule has 19 heavy (non-hydrogen) atoms. The maximum atomic E-state index is 11.5. The van der Waals surface area contributed by atoms with Gasteiger partial charge in [0.05, 0.1) is 0 Å². The van der Waals surface area contributed by atoms with Gasteiger partial charge in [-0.25, -0.2) is 4.79 Å². The molecule has 0 aromatic carbocycles. The van der Waals surface area contributed by atoms with Crippen LogP contribution in [0.3, 0.4) is 0 Å². The highest BCUT2D eigenvalue weighted by Gasteiger charge is 2.27. The Balaban J connectivity index is 2.37. The first-order valence-corrected chi connectivity index (χ1v) is 5.51. The Bertz CT molecular complexity index is 417. The number of aliphatic carboxylic acids is 1. The minimum absolute atomic E-state index is 0.105. The summed E-state index contributed by atoms with van der Waals surface area (Å²) in [7, 11) is 0. The van der Waals surface area contributed by atoms with Crippen molar-refractivity contribution in [3.63, 3.8) is 0 Å². The zero-order chi connectivity index (χ0) is 14.4. The Labute approximate surface area is 107 Å². The average Bonchev–Trinajstić information content (AvgIpc) is 2.26. The predicted octanol–water partition coefficient (Wildman–Crippen LogP) is -1.56. The highest BCUT2D eigenvalue weighted by molar-refractivity contribution is 6.04. The monoisotopic (exact) mass is 271 g/mol. The molecule has 0 spiro atoms. The molecule has 1 aliphatic heterocycles. The predicted molar refractivity (Wildman–Crippen MR) is 59.7 cm³/mol. The molecule has 0 aliphatic carbocycles. The zero-order valence-electron chi connectivity index (χ0n) is 9.97. The van der Waals surface area contributed by atoms with Gasteiger partial charge < -0.3 is 10.0 Å². The molecule has 0 unspecified atom stereocenters. The smallest absolute Gasteiger partial charge is 0.324 e. The van der Waals surface area contributed by atoms with Crippen LogP contribution in [0, 0.1) is 0 Å². The Morgan fingerprint density at radius 3 is 2.26 bits per heavy atom. The first-order chi connectivity index (χ1) is 8.88. The SMILES string of the molecule is O=C(O)CCCC(=O)NC(=O)N1CC(=O)NC(=O)C1. The fraction of sp³-hybridized carbons (Fsp3) is 0.500. The molecular weight excluding hydrogens is 258 g/mol. The number of imide groups is 2. The van der Waals surface area contributed by atoms with Gasteiger partial charge in [-0.3, -0.25) is 29.8 Å². The van der Waals surface area contributed by atoms with Crippen molar-refractivity contribution in [3.05, 3.63) is 0 Å². The molecule has 1 aliphatic rings. The molecule has 9 heteroatoms. The fourth-order valence-corrected chi connectivity index (χ4v) is 1.44. The van der Waals surface area contributed by atoms with E-state index in [2.05, 4.69) is 0 Å². The number of carbonyl (C=O) groups excluding carboxylic acids is 4. The van der Waals surface area contributed by atoms with Gasteiger partial charge in [0, 0.05) is 12.8 Å². The van der Waals surface area contributed by atoms with Crippen LogP contribution >= 0.6 is 0 Å². The molecule has 0 saturated carbocycles. The van der Waals surface area contributed by atoms with E-state index in [4.69, 9.17) is 5.11 Å². The summed E-state index contributed by atoms with van der Waals surface area (Å²) in [5, 5.41) is 12.4. The average molecular weight is 271 g/mol. The van der Waals surface area contributed by atoms with Crippen molar-refractivity contribution in [3.8, 4) is 0 Å². The molecule has 9 nitrogen and oxygen atoms in total. The van der Waals surface area contributed by atoms with Crippen molar-refractivity contribution < 1.29 is 29.1 Å². The van der Waals surface area contributed by atoms with Gasteiger partial charge in [-0.15, -0.1) is 0 Å². The van der Waals surface area contributed by atoms with E-state index in [9.17, 15) is 24.0 Å². The molecule has 3 N–H and O–H groups in total. The number of urea groups is 1. The van der Waals surface area contributed by atoms with E-state index in [1.807, 2.05) is 10.6 Å². The molecule has 0 radical (unpaired) electrons. The van der Waals surface area contributed by atoms with Crippen molar-refractivity contribution in [2.75, 3.05) is 13.1 Å². The van der Waals surface area contributed by atoms with Gasteiger partial charge in [-0.2, -0.15) is 0 Å². The highest BCUT2D eigenvalue weighted by Crippen LogP contribution is 1.98. The molecule has 104 valence electrons. The van der Waals surface area contributed by atoms with Gasteiger partial charge in [0.1, 0.15) is 13.1 Å². The summed E-state index contributed by atoms with van der Waals surface area (Å²) in [5.41, 5.74) is 0. The van der Waals surface area contributed by atoms with E-state index in [1.165, 1.54) is 0 Å². The molecule has 1 heterocycles. The van der Waals surface area contributed by atoms with Crippen molar-refractivity contribution in [2.24, 2.45) is 0 Å². The summed E-state index contributed by atoms with van der Waals surface area (Å²) >= 11 is 0. The number of nitrogens with zero attached hydrogens (tertiary/aromatic N) is 1. The second-order valence-electron chi connectivity index (χ2n) is 3.93. The Hall–Kier alpha value is -2.45. The van der Waals surface area contributed by atoms with Gasteiger partial charge in [0.15, 0.2) is 0 Å². The van der Waals surface area contributed by atoms with Crippen molar-refractivity contribution in [1.82, 2.24) is 15.5 Å². The van der Waals surface area contributed by atoms with Crippen molar-refractivity contribution in [1.29, 1.82) is 0 Å². The lowest BCUT2D eigenvalue weighted by molar-refractivity contribution is -0.138. The van der Waals surface area contributed by atoms with E-state index < -0.39 is 29.7 Å². The first-order valence-electron chi connectivity index (χ1n) is 5.51.